The molecule has 0 aliphatic heterocycles. The number of likely N-dealkylation sites (N-methyl/N-ethyl adjacent to an activating group) is 1. The molecule has 1 aliphatic carbocycles. The predicted octanol–water partition coefficient (Wildman–Crippen LogP) is 3.10. The van der Waals surface area contributed by atoms with Crippen LogP contribution in [0.2, 0.25) is 0 Å². The van der Waals surface area contributed by atoms with Crippen molar-refractivity contribution in [3.05, 3.63) is 17.5 Å². The molecule has 0 spiro atoms. The van der Waals surface area contributed by atoms with E-state index in [1.807, 2.05) is 0 Å². The topological polar surface area (TPSA) is 29.9 Å². The molecule has 0 bridgehead atoms. The lowest BCUT2D eigenvalue weighted by atomic mass is 9.90. The van der Waals surface area contributed by atoms with Crippen LogP contribution in [0.25, 0.3) is 0 Å². The van der Waals surface area contributed by atoms with Gasteiger partial charge in [0.1, 0.15) is 0 Å². The standard InChI is InChI=1S/C15H27N3/c1-4-12-11-13(5-2)18(17-12)15-10-8-7-9-14(15)16-6-3/h11,14-16H,4-10H2,1-3H3. The highest BCUT2D eigenvalue weighted by Gasteiger charge is 2.27. The quantitative estimate of drug-likeness (QED) is 0.869. The van der Waals surface area contributed by atoms with Gasteiger partial charge in [-0.2, -0.15) is 5.10 Å². The number of hydrogen-bond donors (Lipinski definition) is 1. The van der Waals surface area contributed by atoms with Crippen LogP contribution in [0.15, 0.2) is 6.07 Å². The van der Waals surface area contributed by atoms with E-state index in [1.165, 1.54) is 37.1 Å². The summed E-state index contributed by atoms with van der Waals surface area (Å²) in [6, 6.07) is 3.46. The largest absolute Gasteiger partial charge is 0.312 e. The van der Waals surface area contributed by atoms with Crippen molar-refractivity contribution in [3.63, 3.8) is 0 Å². The fourth-order valence-electron chi connectivity index (χ4n) is 3.12. The summed E-state index contributed by atoms with van der Waals surface area (Å²) in [7, 11) is 0. The van der Waals surface area contributed by atoms with E-state index in [0.717, 1.165) is 19.4 Å². The summed E-state index contributed by atoms with van der Waals surface area (Å²) in [5.41, 5.74) is 2.65. The second kappa shape index (κ2) is 6.37. The van der Waals surface area contributed by atoms with Crippen LogP contribution < -0.4 is 5.32 Å². The lowest BCUT2D eigenvalue weighted by Gasteiger charge is -2.33. The summed E-state index contributed by atoms with van der Waals surface area (Å²) in [5.74, 6) is 0. The first-order chi connectivity index (χ1) is 8.80. The van der Waals surface area contributed by atoms with Crippen molar-refractivity contribution in [2.45, 2.75) is 71.4 Å². The van der Waals surface area contributed by atoms with Crippen LogP contribution in [0, 0.1) is 0 Å². The van der Waals surface area contributed by atoms with Gasteiger partial charge in [0.05, 0.1) is 11.7 Å². The van der Waals surface area contributed by atoms with Crippen molar-refractivity contribution in [3.8, 4) is 0 Å². The molecule has 0 radical (unpaired) electrons. The van der Waals surface area contributed by atoms with E-state index < -0.39 is 0 Å². The van der Waals surface area contributed by atoms with Crippen molar-refractivity contribution in [2.24, 2.45) is 0 Å². The molecule has 0 saturated heterocycles. The van der Waals surface area contributed by atoms with Crippen LogP contribution in [-0.2, 0) is 12.8 Å². The van der Waals surface area contributed by atoms with Gasteiger partial charge in [0.2, 0.25) is 0 Å². The first-order valence-electron chi connectivity index (χ1n) is 7.60. The second-order valence-corrected chi connectivity index (χ2v) is 5.29. The summed E-state index contributed by atoms with van der Waals surface area (Å²) < 4.78 is 2.32. The molecular formula is C15H27N3. The second-order valence-electron chi connectivity index (χ2n) is 5.29. The Kier molecular flexibility index (Phi) is 4.81. The van der Waals surface area contributed by atoms with E-state index >= 15 is 0 Å². The summed E-state index contributed by atoms with van der Waals surface area (Å²) in [6.45, 7) is 7.68. The highest BCUT2D eigenvalue weighted by atomic mass is 15.3. The minimum absolute atomic E-state index is 0.564. The van der Waals surface area contributed by atoms with E-state index in [2.05, 4.69) is 36.8 Å². The van der Waals surface area contributed by atoms with Gasteiger partial charge in [-0.15, -0.1) is 0 Å². The van der Waals surface area contributed by atoms with Crippen molar-refractivity contribution in [1.29, 1.82) is 0 Å². The Morgan fingerprint density at radius 1 is 1.22 bits per heavy atom. The van der Waals surface area contributed by atoms with E-state index in [1.54, 1.807) is 0 Å². The average Bonchev–Trinajstić information content (AvgIpc) is 2.83. The third kappa shape index (κ3) is 2.77. The van der Waals surface area contributed by atoms with E-state index in [4.69, 9.17) is 5.10 Å². The first kappa shape index (κ1) is 13.6. The number of nitrogens with one attached hydrogen (secondary N) is 1. The molecule has 0 amide bonds. The Hall–Kier alpha value is -0.830. The van der Waals surface area contributed by atoms with E-state index in [0.29, 0.717) is 12.1 Å². The van der Waals surface area contributed by atoms with E-state index in [-0.39, 0.29) is 0 Å². The van der Waals surface area contributed by atoms with Crippen LogP contribution in [0.1, 0.15) is 63.9 Å². The molecule has 2 atom stereocenters. The number of aromatic nitrogens is 2. The SMILES string of the molecule is CCNC1CCCCC1n1nc(CC)cc1CC. The van der Waals surface area contributed by atoms with Crippen LogP contribution in [-0.4, -0.2) is 22.4 Å². The molecule has 2 rings (SSSR count). The average molecular weight is 249 g/mol. The molecule has 1 aliphatic rings. The van der Waals surface area contributed by atoms with Gasteiger partial charge in [0.15, 0.2) is 0 Å². The Bertz CT molecular complexity index is 368. The van der Waals surface area contributed by atoms with Crippen molar-refractivity contribution in [1.82, 2.24) is 15.1 Å². The van der Waals surface area contributed by atoms with E-state index in [9.17, 15) is 0 Å². The Morgan fingerprint density at radius 2 is 2.00 bits per heavy atom. The number of rotatable bonds is 5. The third-order valence-electron chi connectivity index (χ3n) is 4.10. The van der Waals surface area contributed by atoms with Crippen molar-refractivity contribution >= 4 is 0 Å². The zero-order valence-corrected chi connectivity index (χ0v) is 12.1. The molecule has 1 fully saturated rings. The molecule has 1 aromatic heterocycles. The molecule has 0 aromatic carbocycles. The molecular weight excluding hydrogens is 222 g/mol. The van der Waals surface area contributed by atoms with Gasteiger partial charge in [-0.25, -0.2) is 0 Å². The predicted molar refractivity (Wildman–Crippen MR) is 76.0 cm³/mol. The summed E-state index contributed by atoms with van der Waals surface area (Å²) in [5, 5.41) is 8.48. The van der Waals surface area contributed by atoms with Gasteiger partial charge >= 0.3 is 0 Å². The highest BCUT2D eigenvalue weighted by Crippen LogP contribution is 2.29. The Balaban J connectivity index is 2.23. The minimum Gasteiger partial charge on any atom is -0.312 e. The third-order valence-corrected chi connectivity index (χ3v) is 4.10. The molecule has 102 valence electrons. The minimum atomic E-state index is 0.564. The van der Waals surface area contributed by atoms with Crippen molar-refractivity contribution < 1.29 is 0 Å². The van der Waals surface area contributed by atoms with Gasteiger partial charge in [-0.3, -0.25) is 4.68 Å². The van der Waals surface area contributed by atoms with Crippen LogP contribution in [0.5, 0.6) is 0 Å². The van der Waals surface area contributed by atoms with Crippen LogP contribution >= 0.6 is 0 Å². The van der Waals surface area contributed by atoms with Crippen LogP contribution in [0.4, 0.5) is 0 Å². The lowest BCUT2D eigenvalue weighted by molar-refractivity contribution is 0.245. The van der Waals surface area contributed by atoms with Gasteiger partial charge < -0.3 is 5.32 Å². The molecule has 18 heavy (non-hydrogen) atoms. The van der Waals surface area contributed by atoms with Crippen LogP contribution in [0.3, 0.4) is 0 Å². The zero-order valence-electron chi connectivity index (χ0n) is 12.1. The smallest absolute Gasteiger partial charge is 0.0675 e. The maximum Gasteiger partial charge on any atom is 0.0675 e. The number of nitrogens with zero attached hydrogens (tertiary/aromatic N) is 2. The molecule has 3 nitrogen and oxygen atoms in total. The summed E-state index contributed by atoms with van der Waals surface area (Å²) >= 11 is 0. The monoisotopic (exact) mass is 249 g/mol. The molecule has 2 unspecified atom stereocenters. The molecule has 1 N–H and O–H groups in total. The van der Waals surface area contributed by atoms with Gasteiger partial charge in [0.25, 0.3) is 0 Å². The van der Waals surface area contributed by atoms with Gasteiger partial charge in [-0.05, 0) is 38.3 Å². The fraction of sp³-hybridized carbons (Fsp3) is 0.800. The normalized spacial score (nSPS) is 24.4. The maximum absolute atomic E-state index is 4.83. The maximum atomic E-state index is 4.83. The molecule has 1 heterocycles. The number of hydrogen-bond acceptors (Lipinski definition) is 2. The summed E-state index contributed by atoms with van der Waals surface area (Å²) in [6.07, 6.45) is 7.40. The molecule has 1 aromatic rings. The zero-order chi connectivity index (χ0) is 13.0. The molecule has 1 saturated carbocycles. The fourth-order valence-corrected chi connectivity index (χ4v) is 3.12. The first-order valence-corrected chi connectivity index (χ1v) is 7.60. The highest BCUT2D eigenvalue weighted by molar-refractivity contribution is 5.12. The number of aryl methyl sites for hydroxylation is 2. The summed E-state index contributed by atoms with van der Waals surface area (Å²) in [4.78, 5) is 0. The van der Waals surface area contributed by atoms with Crippen molar-refractivity contribution in [2.75, 3.05) is 6.54 Å². The Labute approximate surface area is 111 Å². The molecule has 3 heteroatoms. The van der Waals surface area contributed by atoms with Gasteiger partial charge in [0, 0.05) is 11.7 Å². The van der Waals surface area contributed by atoms with Gasteiger partial charge in [-0.1, -0.05) is 33.6 Å². The Morgan fingerprint density at radius 3 is 2.67 bits per heavy atom. The lowest BCUT2D eigenvalue weighted by Crippen LogP contribution is -2.40.